The topological polar surface area (TPSA) is 89.9 Å². The van der Waals surface area contributed by atoms with Crippen LogP contribution in [0.3, 0.4) is 0 Å². The Morgan fingerprint density at radius 3 is 2.64 bits per heavy atom. The van der Waals surface area contributed by atoms with Crippen molar-refractivity contribution in [3.63, 3.8) is 0 Å². The first-order valence-electron chi connectivity index (χ1n) is 8.92. The maximum atomic E-state index is 12.1. The molecule has 0 aromatic heterocycles. The Kier molecular flexibility index (Phi) is 6.96. The number of hydrogen-bond acceptors (Lipinski definition) is 4. The average Bonchev–Trinajstić information content (AvgIpc) is 2.58. The second-order valence-corrected chi connectivity index (χ2v) is 6.80. The normalized spacial score (nSPS) is 24.0. The number of β-amino-alcohol motifs (C(OH)–C–C–N with tert-alkyl or cyclic N) is 1. The zero-order valence-corrected chi connectivity index (χ0v) is 14.8. The molecule has 0 saturated carbocycles. The molecule has 138 valence electrons. The third-order valence-corrected chi connectivity index (χ3v) is 5.01. The molecule has 1 saturated heterocycles. The van der Waals surface area contributed by atoms with E-state index in [9.17, 15) is 19.8 Å². The molecule has 1 aromatic carbocycles. The number of hydrogen-bond donors (Lipinski definition) is 3. The third kappa shape index (κ3) is 5.03. The maximum Gasteiger partial charge on any atom is 0.312 e. The lowest BCUT2D eigenvalue weighted by Crippen LogP contribution is -2.56. The molecule has 1 aliphatic rings. The lowest BCUT2D eigenvalue weighted by molar-refractivity contribution is -0.164. The summed E-state index contributed by atoms with van der Waals surface area (Å²) in [6.45, 7) is 3.40. The van der Waals surface area contributed by atoms with Gasteiger partial charge in [-0.3, -0.25) is 14.5 Å². The Morgan fingerprint density at radius 1 is 1.32 bits per heavy atom. The first kappa shape index (κ1) is 19.4. The van der Waals surface area contributed by atoms with Gasteiger partial charge in [-0.05, 0) is 31.4 Å². The van der Waals surface area contributed by atoms with Crippen molar-refractivity contribution in [3.8, 4) is 0 Å². The monoisotopic (exact) mass is 348 g/mol. The van der Waals surface area contributed by atoms with Crippen LogP contribution < -0.4 is 5.32 Å². The highest BCUT2D eigenvalue weighted by Gasteiger charge is 2.47. The molecule has 0 aliphatic carbocycles. The smallest absolute Gasteiger partial charge is 0.312 e. The summed E-state index contributed by atoms with van der Waals surface area (Å²) >= 11 is 0. The summed E-state index contributed by atoms with van der Waals surface area (Å²) in [4.78, 5) is 25.5. The second kappa shape index (κ2) is 8.97. The Morgan fingerprint density at radius 2 is 2.04 bits per heavy atom. The van der Waals surface area contributed by atoms with Gasteiger partial charge >= 0.3 is 5.97 Å². The van der Waals surface area contributed by atoms with Gasteiger partial charge < -0.3 is 15.5 Å². The summed E-state index contributed by atoms with van der Waals surface area (Å²) in [5, 5.41) is 22.8. The molecule has 0 unspecified atom stereocenters. The van der Waals surface area contributed by atoms with E-state index < -0.39 is 17.5 Å². The van der Waals surface area contributed by atoms with Gasteiger partial charge in [0, 0.05) is 13.1 Å². The van der Waals surface area contributed by atoms with Crippen LogP contribution in [0, 0.1) is 5.41 Å². The van der Waals surface area contributed by atoms with Crippen LogP contribution in [-0.2, 0) is 16.0 Å². The molecule has 0 radical (unpaired) electrons. The van der Waals surface area contributed by atoms with E-state index in [1.54, 1.807) is 0 Å². The first-order valence-corrected chi connectivity index (χ1v) is 8.92. The predicted molar refractivity (Wildman–Crippen MR) is 95.2 cm³/mol. The van der Waals surface area contributed by atoms with E-state index in [0.29, 0.717) is 32.4 Å². The van der Waals surface area contributed by atoms with Gasteiger partial charge in [0.15, 0.2) is 0 Å². The molecule has 1 amide bonds. The number of amides is 1. The molecule has 2 rings (SSSR count). The van der Waals surface area contributed by atoms with Crippen LogP contribution in [0.4, 0.5) is 0 Å². The minimum absolute atomic E-state index is 0.0959. The molecule has 6 heteroatoms. The van der Waals surface area contributed by atoms with Gasteiger partial charge in [-0.15, -0.1) is 0 Å². The number of nitrogens with zero attached hydrogens (tertiary/aromatic N) is 1. The van der Waals surface area contributed by atoms with Crippen LogP contribution >= 0.6 is 0 Å². The number of rotatable bonds is 8. The lowest BCUT2D eigenvalue weighted by atomic mass is 9.73. The molecule has 1 heterocycles. The van der Waals surface area contributed by atoms with Crippen LogP contribution in [-0.4, -0.2) is 59.3 Å². The van der Waals surface area contributed by atoms with Crippen LogP contribution in [0.2, 0.25) is 0 Å². The fraction of sp³-hybridized carbons (Fsp3) is 0.579. The lowest BCUT2D eigenvalue weighted by Gasteiger charge is -2.42. The largest absolute Gasteiger partial charge is 0.481 e. The maximum absolute atomic E-state index is 12.1. The van der Waals surface area contributed by atoms with E-state index in [0.717, 1.165) is 6.42 Å². The first-order chi connectivity index (χ1) is 12.0. The number of carbonyl (C=O) groups is 2. The van der Waals surface area contributed by atoms with E-state index in [4.69, 9.17) is 0 Å². The van der Waals surface area contributed by atoms with Crippen LogP contribution in [0.25, 0.3) is 0 Å². The number of nitrogens with one attached hydrogen (secondary N) is 1. The fourth-order valence-electron chi connectivity index (χ4n) is 3.52. The summed E-state index contributed by atoms with van der Waals surface area (Å²) in [6, 6.07) is 9.94. The predicted octanol–water partition coefficient (Wildman–Crippen LogP) is 1.28. The van der Waals surface area contributed by atoms with Crippen molar-refractivity contribution in [2.75, 3.05) is 26.2 Å². The summed E-state index contributed by atoms with van der Waals surface area (Å²) in [6.07, 6.45) is 1.36. The number of benzene rings is 1. The summed E-state index contributed by atoms with van der Waals surface area (Å²) in [5.74, 6) is -1.03. The summed E-state index contributed by atoms with van der Waals surface area (Å²) < 4.78 is 0. The van der Waals surface area contributed by atoms with Crippen molar-refractivity contribution >= 4 is 11.9 Å². The van der Waals surface area contributed by atoms with Crippen LogP contribution in [0.5, 0.6) is 0 Å². The Hall–Kier alpha value is -1.92. The highest BCUT2D eigenvalue weighted by molar-refractivity contribution is 5.78. The van der Waals surface area contributed by atoms with Gasteiger partial charge in [-0.25, -0.2) is 0 Å². The molecule has 1 fully saturated rings. The quantitative estimate of drug-likeness (QED) is 0.658. The number of carbonyl (C=O) groups excluding carboxylic acids is 1. The van der Waals surface area contributed by atoms with E-state index in [1.807, 2.05) is 42.2 Å². The van der Waals surface area contributed by atoms with E-state index in [1.165, 1.54) is 5.56 Å². The van der Waals surface area contributed by atoms with E-state index >= 15 is 0 Å². The number of aliphatic hydroxyl groups excluding tert-OH is 1. The van der Waals surface area contributed by atoms with Crippen LogP contribution in [0.15, 0.2) is 30.3 Å². The second-order valence-electron chi connectivity index (χ2n) is 6.80. The molecule has 3 N–H and O–H groups in total. The van der Waals surface area contributed by atoms with Crippen molar-refractivity contribution in [2.45, 2.75) is 38.7 Å². The van der Waals surface area contributed by atoms with Gasteiger partial charge in [0.05, 0.1) is 18.1 Å². The SMILES string of the molecule is CCC[C@]1(C(=O)O)CCN(CC(=O)NCCc2ccccc2)C[C@@H]1O. The molecule has 25 heavy (non-hydrogen) atoms. The zero-order valence-electron chi connectivity index (χ0n) is 14.8. The van der Waals surface area contributed by atoms with Crippen LogP contribution in [0.1, 0.15) is 31.7 Å². The minimum Gasteiger partial charge on any atom is -0.481 e. The number of likely N-dealkylation sites (tertiary alicyclic amines) is 1. The van der Waals surface area contributed by atoms with Gasteiger partial charge in [-0.2, -0.15) is 0 Å². The molecule has 0 bridgehead atoms. The van der Waals surface area contributed by atoms with Crippen molar-refractivity contribution < 1.29 is 19.8 Å². The number of piperidine rings is 1. The van der Waals surface area contributed by atoms with Gasteiger partial charge in [0.25, 0.3) is 0 Å². The number of aliphatic hydroxyl groups is 1. The van der Waals surface area contributed by atoms with Gasteiger partial charge in [-0.1, -0.05) is 43.7 Å². The molecular weight excluding hydrogens is 320 g/mol. The zero-order chi connectivity index (χ0) is 18.3. The Bertz CT molecular complexity index is 578. The van der Waals surface area contributed by atoms with Crippen molar-refractivity contribution in [1.29, 1.82) is 0 Å². The Labute approximate surface area is 148 Å². The molecule has 6 nitrogen and oxygen atoms in total. The molecule has 0 spiro atoms. The average molecular weight is 348 g/mol. The van der Waals surface area contributed by atoms with Gasteiger partial charge in [0.2, 0.25) is 5.91 Å². The summed E-state index contributed by atoms with van der Waals surface area (Å²) in [5.41, 5.74) is 0.0942. The standard InChI is InChI=1S/C19H28N2O4/c1-2-9-19(18(24)25)10-12-21(13-16(19)22)14-17(23)20-11-8-15-6-4-3-5-7-15/h3-7,16,22H,2,8-14H2,1H3,(H,20,23)(H,24,25)/t16-,19-/m0/s1. The highest BCUT2D eigenvalue weighted by Crippen LogP contribution is 2.36. The molecule has 1 aliphatic heterocycles. The molecule has 2 atom stereocenters. The van der Waals surface area contributed by atoms with E-state index in [-0.39, 0.29) is 19.0 Å². The molecule has 1 aromatic rings. The minimum atomic E-state index is -1.07. The fourth-order valence-corrected chi connectivity index (χ4v) is 3.52. The molecular formula is C19H28N2O4. The number of carboxylic acid groups (broad SMARTS) is 1. The summed E-state index contributed by atoms with van der Waals surface area (Å²) in [7, 11) is 0. The number of aliphatic carboxylic acids is 1. The number of carboxylic acids is 1. The van der Waals surface area contributed by atoms with Gasteiger partial charge in [0.1, 0.15) is 0 Å². The van der Waals surface area contributed by atoms with Crippen molar-refractivity contribution in [3.05, 3.63) is 35.9 Å². The Balaban J connectivity index is 1.78. The third-order valence-electron chi connectivity index (χ3n) is 5.01. The van der Waals surface area contributed by atoms with E-state index in [2.05, 4.69) is 5.32 Å². The highest BCUT2D eigenvalue weighted by atomic mass is 16.4. The van der Waals surface area contributed by atoms with Crippen molar-refractivity contribution in [1.82, 2.24) is 10.2 Å². The van der Waals surface area contributed by atoms with Crippen molar-refractivity contribution in [2.24, 2.45) is 5.41 Å².